The van der Waals surface area contributed by atoms with E-state index in [9.17, 15) is 4.79 Å². The highest BCUT2D eigenvalue weighted by molar-refractivity contribution is 9.10. The summed E-state index contributed by atoms with van der Waals surface area (Å²) >= 11 is 3.44. The molecule has 2 rings (SSSR count). The Labute approximate surface area is 103 Å². The third-order valence-electron chi connectivity index (χ3n) is 2.61. The minimum atomic E-state index is -0.291. The topological polar surface area (TPSA) is 38.3 Å². The Morgan fingerprint density at radius 3 is 3.00 bits per heavy atom. The van der Waals surface area contributed by atoms with Crippen LogP contribution in [0.5, 0.6) is 0 Å². The quantitative estimate of drug-likeness (QED) is 0.915. The van der Waals surface area contributed by atoms with E-state index >= 15 is 0 Å². The van der Waals surface area contributed by atoms with E-state index in [-0.39, 0.29) is 11.9 Å². The van der Waals surface area contributed by atoms with Crippen molar-refractivity contribution in [2.24, 2.45) is 0 Å². The van der Waals surface area contributed by atoms with Gasteiger partial charge in [0.25, 0.3) is 0 Å². The Bertz CT molecular complexity index is 375. The molecule has 0 amide bonds. The van der Waals surface area contributed by atoms with Crippen molar-refractivity contribution in [1.82, 2.24) is 5.32 Å². The number of Topliss-reactive ketones (excluding diaryl/α,β-unsaturated/α-hetero) is 1. The maximum absolute atomic E-state index is 11.9. The highest BCUT2D eigenvalue weighted by Gasteiger charge is 2.22. The van der Waals surface area contributed by atoms with E-state index in [1.165, 1.54) is 0 Å². The Kier molecular flexibility index (Phi) is 4.09. The van der Waals surface area contributed by atoms with Crippen LogP contribution in [-0.2, 0) is 16.0 Å². The van der Waals surface area contributed by atoms with Gasteiger partial charge < -0.3 is 10.1 Å². The average Bonchev–Trinajstić information content (AvgIpc) is 2.33. The van der Waals surface area contributed by atoms with E-state index in [1.807, 2.05) is 24.3 Å². The summed E-state index contributed by atoms with van der Waals surface area (Å²) in [4.78, 5) is 11.9. The first-order valence-electron chi connectivity index (χ1n) is 5.36. The third-order valence-corrected chi connectivity index (χ3v) is 3.38. The van der Waals surface area contributed by atoms with Crippen molar-refractivity contribution in [3.63, 3.8) is 0 Å². The number of carbonyl (C=O) groups is 1. The fourth-order valence-electron chi connectivity index (χ4n) is 1.72. The first-order chi connectivity index (χ1) is 7.77. The molecule has 0 aliphatic carbocycles. The lowest BCUT2D eigenvalue weighted by Crippen LogP contribution is -2.43. The molecule has 0 spiro atoms. The minimum absolute atomic E-state index is 0.138. The van der Waals surface area contributed by atoms with Crippen LogP contribution in [0, 0.1) is 0 Å². The molecule has 1 aliphatic rings. The van der Waals surface area contributed by atoms with Crippen LogP contribution in [0.2, 0.25) is 0 Å². The summed E-state index contributed by atoms with van der Waals surface area (Å²) in [7, 11) is 0. The van der Waals surface area contributed by atoms with Gasteiger partial charge in [-0.05, 0) is 11.6 Å². The Morgan fingerprint density at radius 2 is 2.31 bits per heavy atom. The first-order valence-corrected chi connectivity index (χ1v) is 6.15. The number of rotatable bonds is 3. The van der Waals surface area contributed by atoms with Gasteiger partial charge >= 0.3 is 0 Å². The monoisotopic (exact) mass is 283 g/mol. The molecule has 0 radical (unpaired) electrons. The van der Waals surface area contributed by atoms with E-state index < -0.39 is 0 Å². The van der Waals surface area contributed by atoms with Crippen LogP contribution in [0.4, 0.5) is 0 Å². The molecule has 0 bridgehead atoms. The summed E-state index contributed by atoms with van der Waals surface area (Å²) in [6, 6.07) is 7.78. The van der Waals surface area contributed by atoms with Gasteiger partial charge in [0, 0.05) is 24.0 Å². The molecule has 1 aromatic rings. The molecule has 3 nitrogen and oxygen atoms in total. The van der Waals surface area contributed by atoms with Crippen LogP contribution in [0.3, 0.4) is 0 Å². The molecule has 0 aromatic heterocycles. The third kappa shape index (κ3) is 2.90. The highest BCUT2D eigenvalue weighted by atomic mass is 79.9. The second kappa shape index (κ2) is 5.57. The predicted molar refractivity (Wildman–Crippen MR) is 65.5 cm³/mol. The Hall–Kier alpha value is -0.710. The lowest BCUT2D eigenvalue weighted by atomic mass is 10.0. The van der Waals surface area contributed by atoms with Crippen molar-refractivity contribution in [1.29, 1.82) is 0 Å². The van der Waals surface area contributed by atoms with E-state index in [0.717, 1.165) is 16.6 Å². The second-order valence-electron chi connectivity index (χ2n) is 3.80. The number of morpholine rings is 1. The van der Waals surface area contributed by atoms with Gasteiger partial charge in [-0.1, -0.05) is 34.1 Å². The summed E-state index contributed by atoms with van der Waals surface area (Å²) in [6.07, 6.45) is 0.134. The van der Waals surface area contributed by atoms with Gasteiger partial charge in [-0.15, -0.1) is 0 Å². The SMILES string of the molecule is O=C(Cc1ccccc1Br)C1CNCCO1. The number of ether oxygens (including phenoxy) is 1. The maximum atomic E-state index is 11.9. The summed E-state index contributed by atoms with van der Waals surface area (Å²) in [5, 5.41) is 3.16. The van der Waals surface area contributed by atoms with Crippen LogP contribution >= 0.6 is 15.9 Å². The summed E-state index contributed by atoms with van der Waals surface area (Å²) in [5.74, 6) is 0.138. The Morgan fingerprint density at radius 1 is 1.50 bits per heavy atom. The zero-order chi connectivity index (χ0) is 11.4. The van der Waals surface area contributed by atoms with Crippen LogP contribution in [-0.4, -0.2) is 31.6 Å². The Balaban J connectivity index is 1.99. The van der Waals surface area contributed by atoms with Gasteiger partial charge in [-0.2, -0.15) is 0 Å². The van der Waals surface area contributed by atoms with Gasteiger partial charge in [0.05, 0.1) is 6.61 Å². The average molecular weight is 284 g/mol. The number of halogens is 1. The molecule has 1 aromatic carbocycles. The van der Waals surface area contributed by atoms with Gasteiger partial charge in [-0.25, -0.2) is 0 Å². The molecule has 86 valence electrons. The summed E-state index contributed by atoms with van der Waals surface area (Å²) in [5.41, 5.74) is 1.02. The first kappa shape index (κ1) is 11.8. The van der Waals surface area contributed by atoms with E-state index in [2.05, 4.69) is 21.2 Å². The molecule has 16 heavy (non-hydrogen) atoms. The zero-order valence-electron chi connectivity index (χ0n) is 8.91. The van der Waals surface area contributed by atoms with Crippen LogP contribution in [0.15, 0.2) is 28.7 Å². The van der Waals surface area contributed by atoms with Crippen molar-refractivity contribution < 1.29 is 9.53 Å². The number of nitrogens with one attached hydrogen (secondary N) is 1. The fraction of sp³-hybridized carbons (Fsp3) is 0.417. The molecule has 4 heteroatoms. The largest absolute Gasteiger partial charge is 0.368 e. The minimum Gasteiger partial charge on any atom is -0.368 e. The number of carbonyl (C=O) groups excluding carboxylic acids is 1. The van der Waals surface area contributed by atoms with Gasteiger partial charge in [0.15, 0.2) is 5.78 Å². The number of hydrogen-bond donors (Lipinski definition) is 1. The smallest absolute Gasteiger partial charge is 0.167 e. The lowest BCUT2D eigenvalue weighted by molar-refractivity contribution is -0.131. The fourth-order valence-corrected chi connectivity index (χ4v) is 2.14. The van der Waals surface area contributed by atoms with Crippen molar-refractivity contribution in [3.8, 4) is 0 Å². The molecule has 1 saturated heterocycles. The van der Waals surface area contributed by atoms with E-state index in [1.54, 1.807) is 0 Å². The van der Waals surface area contributed by atoms with Crippen molar-refractivity contribution in [3.05, 3.63) is 34.3 Å². The molecule has 1 atom stereocenters. The number of hydrogen-bond acceptors (Lipinski definition) is 3. The lowest BCUT2D eigenvalue weighted by Gasteiger charge is -2.22. The van der Waals surface area contributed by atoms with E-state index in [4.69, 9.17) is 4.74 Å². The maximum Gasteiger partial charge on any atom is 0.167 e. The van der Waals surface area contributed by atoms with Gasteiger partial charge in [-0.3, -0.25) is 4.79 Å². The van der Waals surface area contributed by atoms with Crippen molar-refractivity contribution in [2.75, 3.05) is 19.7 Å². The summed E-state index contributed by atoms with van der Waals surface area (Å²) < 4.78 is 6.40. The molecular formula is C12H14BrNO2. The standard InChI is InChI=1S/C12H14BrNO2/c13-10-4-2-1-3-9(10)7-11(15)12-8-14-5-6-16-12/h1-4,12,14H,5-8H2. The normalized spacial score (nSPS) is 20.7. The molecule has 1 aliphatic heterocycles. The predicted octanol–water partition coefficient (Wildman–Crippen LogP) is 1.55. The molecule has 1 fully saturated rings. The van der Waals surface area contributed by atoms with Crippen LogP contribution in [0.25, 0.3) is 0 Å². The van der Waals surface area contributed by atoms with Gasteiger partial charge in [0.1, 0.15) is 6.10 Å². The summed E-state index contributed by atoms with van der Waals surface area (Å²) in [6.45, 7) is 2.08. The highest BCUT2D eigenvalue weighted by Crippen LogP contribution is 2.17. The molecule has 0 saturated carbocycles. The zero-order valence-corrected chi connectivity index (χ0v) is 10.5. The van der Waals surface area contributed by atoms with E-state index in [0.29, 0.717) is 19.6 Å². The second-order valence-corrected chi connectivity index (χ2v) is 4.65. The van der Waals surface area contributed by atoms with Crippen LogP contribution < -0.4 is 5.32 Å². The van der Waals surface area contributed by atoms with Crippen molar-refractivity contribution >= 4 is 21.7 Å². The van der Waals surface area contributed by atoms with Crippen molar-refractivity contribution in [2.45, 2.75) is 12.5 Å². The number of ketones is 1. The number of benzene rings is 1. The molecule has 1 N–H and O–H groups in total. The molecule has 1 heterocycles. The van der Waals surface area contributed by atoms with Gasteiger partial charge in [0.2, 0.25) is 0 Å². The molecular weight excluding hydrogens is 270 g/mol. The van der Waals surface area contributed by atoms with Crippen LogP contribution in [0.1, 0.15) is 5.56 Å². The molecule has 1 unspecified atom stereocenters.